The average molecular weight is 348 g/mol. The van der Waals surface area contributed by atoms with Gasteiger partial charge in [-0.2, -0.15) is 5.26 Å². The molecule has 1 aliphatic carbocycles. The van der Waals surface area contributed by atoms with E-state index in [1.165, 1.54) is 0 Å². The molecule has 134 valence electrons. The normalized spacial score (nSPS) is 19.4. The fourth-order valence-corrected chi connectivity index (χ4v) is 3.33. The Bertz CT molecular complexity index is 813. The Morgan fingerprint density at radius 1 is 1.08 bits per heavy atom. The van der Waals surface area contributed by atoms with Crippen molar-refractivity contribution in [3.63, 3.8) is 0 Å². The van der Waals surface area contributed by atoms with Gasteiger partial charge in [0.2, 0.25) is 0 Å². The third-order valence-electron chi connectivity index (χ3n) is 4.94. The van der Waals surface area contributed by atoms with Gasteiger partial charge in [-0.05, 0) is 75.4 Å². The Balaban J connectivity index is 1.49. The molecule has 2 aromatic rings. The number of amides is 1. The second-order valence-corrected chi connectivity index (χ2v) is 7.02. The molecule has 2 aromatic carbocycles. The first-order chi connectivity index (χ1) is 12.5. The number of ether oxygens (including phenoxy) is 1. The smallest absolute Gasteiger partial charge is 0.251 e. The summed E-state index contributed by atoms with van der Waals surface area (Å²) in [5, 5.41) is 12.1. The van der Waals surface area contributed by atoms with E-state index in [1.54, 1.807) is 6.07 Å². The summed E-state index contributed by atoms with van der Waals surface area (Å²) in [5.41, 5.74) is 3.48. The summed E-state index contributed by atoms with van der Waals surface area (Å²) in [6.45, 7) is 3.93. The van der Waals surface area contributed by atoms with E-state index in [9.17, 15) is 4.79 Å². The van der Waals surface area contributed by atoms with Gasteiger partial charge in [0.05, 0.1) is 17.7 Å². The van der Waals surface area contributed by atoms with Crippen molar-refractivity contribution in [2.45, 2.75) is 51.7 Å². The second kappa shape index (κ2) is 8.05. The van der Waals surface area contributed by atoms with E-state index in [1.807, 2.05) is 50.2 Å². The van der Waals surface area contributed by atoms with Crippen molar-refractivity contribution in [1.82, 2.24) is 5.32 Å². The fourth-order valence-electron chi connectivity index (χ4n) is 3.33. The quantitative estimate of drug-likeness (QED) is 0.896. The zero-order chi connectivity index (χ0) is 18.5. The number of carbonyl (C=O) groups is 1. The molecule has 3 rings (SSSR count). The van der Waals surface area contributed by atoms with Crippen LogP contribution >= 0.6 is 0 Å². The lowest BCUT2D eigenvalue weighted by atomic mass is 9.92. The van der Waals surface area contributed by atoms with E-state index in [0.717, 1.165) is 42.6 Å². The van der Waals surface area contributed by atoms with Crippen molar-refractivity contribution in [1.29, 1.82) is 5.26 Å². The molecule has 0 heterocycles. The first-order valence-electron chi connectivity index (χ1n) is 9.10. The van der Waals surface area contributed by atoms with Gasteiger partial charge in [-0.3, -0.25) is 4.79 Å². The number of nitriles is 1. The van der Waals surface area contributed by atoms with Crippen LogP contribution in [0.3, 0.4) is 0 Å². The minimum Gasteiger partial charge on any atom is -0.490 e. The van der Waals surface area contributed by atoms with Crippen molar-refractivity contribution < 1.29 is 9.53 Å². The van der Waals surface area contributed by atoms with Gasteiger partial charge in [0, 0.05) is 11.6 Å². The summed E-state index contributed by atoms with van der Waals surface area (Å²) >= 11 is 0. The molecule has 1 saturated carbocycles. The van der Waals surface area contributed by atoms with E-state index in [4.69, 9.17) is 10.00 Å². The van der Waals surface area contributed by atoms with Crippen molar-refractivity contribution in [3.05, 3.63) is 64.7 Å². The topological polar surface area (TPSA) is 62.1 Å². The van der Waals surface area contributed by atoms with Crippen LogP contribution in [-0.2, 0) is 0 Å². The highest BCUT2D eigenvalue weighted by atomic mass is 16.5. The molecule has 1 amide bonds. The third-order valence-corrected chi connectivity index (χ3v) is 4.94. The summed E-state index contributed by atoms with van der Waals surface area (Å²) in [6.07, 6.45) is 3.82. The van der Waals surface area contributed by atoms with Gasteiger partial charge in [-0.1, -0.05) is 17.7 Å². The van der Waals surface area contributed by atoms with Gasteiger partial charge < -0.3 is 10.1 Å². The van der Waals surface area contributed by atoms with Crippen LogP contribution in [0.15, 0.2) is 42.5 Å². The van der Waals surface area contributed by atoms with Crippen LogP contribution in [-0.4, -0.2) is 18.1 Å². The number of nitrogens with zero attached hydrogens (tertiary/aromatic N) is 1. The zero-order valence-corrected chi connectivity index (χ0v) is 15.3. The molecule has 0 radical (unpaired) electrons. The summed E-state index contributed by atoms with van der Waals surface area (Å²) in [6, 6.07) is 15.6. The highest BCUT2D eigenvalue weighted by Gasteiger charge is 2.24. The highest BCUT2D eigenvalue weighted by Crippen LogP contribution is 2.25. The lowest BCUT2D eigenvalue weighted by molar-refractivity contribution is 0.0894. The van der Waals surface area contributed by atoms with Crippen LogP contribution in [0, 0.1) is 25.2 Å². The van der Waals surface area contributed by atoms with Crippen LogP contribution in [0.4, 0.5) is 0 Å². The molecule has 0 saturated heterocycles. The maximum Gasteiger partial charge on any atom is 0.251 e. The minimum atomic E-state index is -0.00270. The number of carbonyl (C=O) groups excluding carboxylic acids is 1. The largest absolute Gasteiger partial charge is 0.490 e. The van der Waals surface area contributed by atoms with E-state index < -0.39 is 0 Å². The first-order valence-corrected chi connectivity index (χ1v) is 9.10. The van der Waals surface area contributed by atoms with Gasteiger partial charge in [-0.25, -0.2) is 0 Å². The van der Waals surface area contributed by atoms with Gasteiger partial charge in [0.25, 0.3) is 5.91 Å². The van der Waals surface area contributed by atoms with Crippen LogP contribution < -0.4 is 10.1 Å². The third kappa shape index (κ3) is 4.43. The predicted octanol–water partition coefficient (Wildman–Crippen LogP) is 4.30. The molecule has 26 heavy (non-hydrogen) atoms. The van der Waals surface area contributed by atoms with E-state index in [-0.39, 0.29) is 18.1 Å². The number of hydrogen-bond donors (Lipinski definition) is 1. The number of aryl methyl sites for hydroxylation is 2. The summed E-state index contributed by atoms with van der Waals surface area (Å²) in [7, 11) is 0. The molecular weight excluding hydrogens is 324 g/mol. The van der Waals surface area contributed by atoms with Crippen LogP contribution in [0.25, 0.3) is 0 Å². The molecule has 0 atom stereocenters. The Hall–Kier alpha value is -2.80. The standard InChI is InChI=1S/C22H24N2O2/c1-15-3-5-17(6-4-15)22(25)24-19-8-11-20(12-9-19)26-21-10-7-18(14-23)16(2)13-21/h3-7,10,13,19-20H,8-9,11-12H2,1-2H3,(H,24,25). The lowest BCUT2D eigenvalue weighted by Gasteiger charge is -2.29. The number of nitrogens with one attached hydrogen (secondary N) is 1. The first kappa shape index (κ1) is 18.0. The van der Waals surface area contributed by atoms with Crippen LogP contribution in [0.1, 0.15) is 52.7 Å². The summed E-state index contributed by atoms with van der Waals surface area (Å²) in [4.78, 5) is 12.3. The molecule has 0 spiro atoms. The average Bonchev–Trinajstić information content (AvgIpc) is 2.64. The van der Waals surface area contributed by atoms with Gasteiger partial charge in [-0.15, -0.1) is 0 Å². The van der Waals surface area contributed by atoms with E-state index >= 15 is 0 Å². The molecule has 4 heteroatoms. The summed E-state index contributed by atoms with van der Waals surface area (Å²) in [5.74, 6) is 0.811. The molecule has 1 aliphatic rings. The number of benzene rings is 2. The van der Waals surface area contributed by atoms with Crippen LogP contribution in [0.5, 0.6) is 5.75 Å². The molecule has 1 fully saturated rings. The van der Waals surface area contributed by atoms with Crippen molar-refractivity contribution in [2.75, 3.05) is 0 Å². The molecule has 1 N–H and O–H groups in total. The zero-order valence-electron chi connectivity index (χ0n) is 15.3. The van der Waals surface area contributed by atoms with Crippen molar-refractivity contribution in [3.8, 4) is 11.8 Å². The predicted molar refractivity (Wildman–Crippen MR) is 101 cm³/mol. The Kier molecular flexibility index (Phi) is 5.58. The Morgan fingerprint density at radius 3 is 2.38 bits per heavy atom. The monoisotopic (exact) mass is 348 g/mol. The Morgan fingerprint density at radius 2 is 1.77 bits per heavy atom. The van der Waals surface area contributed by atoms with Crippen molar-refractivity contribution in [2.24, 2.45) is 0 Å². The molecule has 0 aromatic heterocycles. The SMILES string of the molecule is Cc1ccc(C(=O)NC2CCC(Oc3ccc(C#N)c(C)c3)CC2)cc1. The maximum atomic E-state index is 12.3. The minimum absolute atomic E-state index is 0.00270. The number of rotatable bonds is 4. The van der Waals surface area contributed by atoms with Crippen molar-refractivity contribution >= 4 is 5.91 Å². The van der Waals surface area contributed by atoms with E-state index in [2.05, 4.69) is 11.4 Å². The highest BCUT2D eigenvalue weighted by molar-refractivity contribution is 5.94. The van der Waals surface area contributed by atoms with E-state index in [0.29, 0.717) is 11.1 Å². The van der Waals surface area contributed by atoms with Gasteiger partial charge >= 0.3 is 0 Å². The molecule has 4 nitrogen and oxygen atoms in total. The lowest BCUT2D eigenvalue weighted by Crippen LogP contribution is -2.39. The summed E-state index contributed by atoms with van der Waals surface area (Å²) < 4.78 is 6.06. The fraction of sp³-hybridized carbons (Fsp3) is 0.364. The second-order valence-electron chi connectivity index (χ2n) is 7.02. The number of hydrogen-bond acceptors (Lipinski definition) is 3. The van der Waals surface area contributed by atoms with Gasteiger partial charge in [0.1, 0.15) is 5.75 Å². The molecule has 0 unspecified atom stereocenters. The Labute approximate surface area is 154 Å². The molecule has 0 bridgehead atoms. The maximum absolute atomic E-state index is 12.3. The molecule has 0 aliphatic heterocycles. The van der Waals surface area contributed by atoms with Crippen LogP contribution in [0.2, 0.25) is 0 Å². The molecular formula is C22H24N2O2. The van der Waals surface area contributed by atoms with Gasteiger partial charge in [0.15, 0.2) is 0 Å².